The van der Waals surface area contributed by atoms with E-state index in [0.29, 0.717) is 30.5 Å². The van der Waals surface area contributed by atoms with Crippen LogP contribution in [0.3, 0.4) is 0 Å². The van der Waals surface area contributed by atoms with Crippen molar-refractivity contribution < 1.29 is 24.2 Å². The van der Waals surface area contributed by atoms with Gasteiger partial charge in [0.05, 0.1) is 6.61 Å². The summed E-state index contributed by atoms with van der Waals surface area (Å²) in [5.74, 6) is -0.00472. The third-order valence-corrected chi connectivity index (χ3v) is 5.90. The number of rotatable bonds is 16. The van der Waals surface area contributed by atoms with Crippen LogP contribution in [0.15, 0.2) is 12.2 Å². The number of ketones is 2. The second-order valence-electron chi connectivity index (χ2n) is 8.23. The summed E-state index contributed by atoms with van der Waals surface area (Å²) in [4.78, 5) is 35.1. The molecule has 0 amide bonds. The molecule has 1 rings (SSSR count). The molecule has 1 aliphatic rings. The Bertz CT molecular complexity index is 525. The van der Waals surface area contributed by atoms with Gasteiger partial charge < -0.3 is 9.84 Å². The normalized spacial score (nSPS) is 20.3. The molecule has 5 nitrogen and oxygen atoms in total. The Morgan fingerprint density at radius 2 is 1.93 bits per heavy atom. The molecule has 0 heterocycles. The maximum absolute atomic E-state index is 12.3. The van der Waals surface area contributed by atoms with E-state index in [9.17, 15) is 19.5 Å². The van der Waals surface area contributed by atoms with Gasteiger partial charge >= 0.3 is 5.97 Å². The van der Waals surface area contributed by atoms with Gasteiger partial charge in [-0.15, -0.1) is 0 Å². The number of hydrogen-bond donors (Lipinski definition) is 1. The van der Waals surface area contributed by atoms with Crippen molar-refractivity contribution in [3.63, 3.8) is 0 Å². The number of carbonyl (C=O) groups excluding carboxylic acids is 3. The molecular formula is C24H40O5. The second-order valence-corrected chi connectivity index (χ2v) is 8.23. The SMILES string of the molecule is CCCCC(CO)CC=C[C@H]1CCC(=O)[C@@H]1CCCCCCC(=O)C(=O)OCC. The van der Waals surface area contributed by atoms with Gasteiger partial charge in [-0.3, -0.25) is 9.59 Å². The van der Waals surface area contributed by atoms with Crippen molar-refractivity contribution in [1.29, 1.82) is 0 Å². The summed E-state index contributed by atoms with van der Waals surface area (Å²) in [5, 5.41) is 9.48. The Hall–Kier alpha value is -1.49. The van der Waals surface area contributed by atoms with E-state index in [0.717, 1.165) is 57.8 Å². The number of aliphatic hydroxyl groups is 1. The monoisotopic (exact) mass is 408 g/mol. The zero-order valence-corrected chi connectivity index (χ0v) is 18.4. The highest BCUT2D eigenvalue weighted by atomic mass is 16.5. The van der Waals surface area contributed by atoms with Crippen molar-refractivity contribution in [2.75, 3.05) is 13.2 Å². The van der Waals surface area contributed by atoms with Crippen molar-refractivity contribution in [1.82, 2.24) is 0 Å². The van der Waals surface area contributed by atoms with Gasteiger partial charge in [0.25, 0.3) is 0 Å². The molecule has 0 aliphatic heterocycles. The Labute approximate surface area is 176 Å². The van der Waals surface area contributed by atoms with E-state index >= 15 is 0 Å². The van der Waals surface area contributed by atoms with Crippen LogP contribution < -0.4 is 0 Å². The van der Waals surface area contributed by atoms with E-state index in [-0.39, 0.29) is 25.6 Å². The first-order valence-electron chi connectivity index (χ1n) is 11.5. The number of ether oxygens (including phenoxy) is 1. The lowest BCUT2D eigenvalue weighted by Crippen LogP contribution is -2.16. The summed E-state index contributed by atoms with van der Waals surface area (Å²) in [7, 11) is 0. The first-order chi connectivity index (χ1) is 14.0. The van der Waals surface area contributed by atoms with Crippen LogP contribution in [0.1, 0.15) is 90.9 Å². The van der Waals surface area contributed by atoms with Crippen molar-refractivity contribution in [3.8, 4) is 0 Å². The topological polar surface area (TPSA) is 80.7 Å². The third kappa shape index (κ3) is 10.2. The standard InChI is InChI=1S/C24H40O5/c1-3-5-11-19(18-25)12-10-13-20-16-17-22(26)21(20)14-8-6-7-9-15-23(27)24(28)29-4-2/h10,13,19-21,25H,3-9,11-12,14-18H2,1-2H3/t19?,20-,21+/m0/s1. The lowest BCUT2D eigenvalue weighted by Gasteiger charge is -2.16. The van der Waals surface area contributed by atoms with E-state index < -0.39 is 11.8 Å². The lowest BCUT2D eigenvalue weighted by molar-refractivity contribution is -0.153. The fraction of sp³-hybridized carbons (Fsp3) is 0.792. The molecule has 1 saturated carbocycles. The summed E-state index contributed by atoms with van der Waals surface area (Å²) in [6.07, 6.45) is 14.9. The van der Waals surface area contributed by atoms with Crippen LogP contribution in [0.4, 0.5) is 0 Å². The van der Waals surface area contributed by atoms with Gasteiger partial charge in [0.15, 0.2) is 0 Å². The molecule has 29 heavy (non-hydrogen) atoms. The number of aliphatic hydroxyl groups excluding tert-OH is 1. The molecule has 1 unspecified atom stereocenters. The highest BCUT2D eigenvalue weighted by molar-refractivity contribution is 6.33. The zero-order chi connectivity index (χ0) is 21.5. The highest BCUT2D eigenvalue weighted by Gasteiger charge is 2.32. The molecular weight excluding hydrogens is 368 g/mol. The van der Waals surface area contributed by atoms with Crippen molar-refractivity contribution in [2.24, 2.45) is 17.8 Å². The van der Waals surface area contributed by atoms with Crippen LogP contribution in [0.25, 0.3) is 0 Å². The summed E-state index contributed by atoms with van der Waals surface area (Å²) < 4.78 is 4.70. The summed E-state index contributed by atoms with van der Waals surface area (Å²) in [6, 6.07) is 0. The van der Waals surface area contributed by atoms with Crippen LogP contribution in [0.5, 0.6) is 0 Å². The van der Waals surface area contributed by atoms with Crippen LogP contribution in [-0.2, 0) is 19.1 Å². The number of unbranched alkanes of at least 4 members (excludes halogenated alkanes) is 4. The van der Waals surface area contributed by atoms with Crippen molar-refractivity contribution in [2.45, 2.75) is 90.9 Å². The minimum atomic E-state index is -0.725. The molecule has 3 atom stereocenters. The Kier molecular flexibility index (Phi) is 13.5. The van der Waals surface area contributed by atoms with E-state index in [4.69, 9.17) is 4.74 Å². The van der Waals surface area contributed by atoms with Gasteiger partial charge in [0, 0.05) is 25.4 Å². The van der Waals surface area contributed by atoms with Gasteiger partial charge in [0.1, 0.15) is 5.78 Å². The lowest BCUT2D eigenvalue weighted by atomic mass is 9.89. The molecule has 1 N–H and O–H groups in total. The van der Waals surface area contributed by atoms with E-state index in [2.05, 4.69) is 19.1 Å². The molecule has 0 aromatic heterocycles. The van der Waals surface area contributed by atoms with Gasteiger partial charge in [-0.2, -0.15) is 0 Å². The summed E-state index contributed by atoms with van der Waals surface area (Å²) >= 11 is 0. The number of allylic oxidation sites excluding steroid dienone is 2. The minimum absolute atomic E-state index is 0.121. The van der Waals surface area contributed by atoms with E-state index in [1.165, 1.54) is 0 Å². The third-order valence-electron chi connectivity index (χ3n) is 5.90. The van der Waals surface area contributed by atoms with Gasteiger partial charge in [0.2, 0.25) is 5.78 Å². The molecule has 5 heteroatoms. The maximum atomic E-state index is 12.3. The Balaban J connectivity index is 2.27. The minimum Gasteiger partial charge on any atom is -0.460 e. The second kappa shape index (κ2) is 15.4. The fourth-order valence-corrected chi connectivity index (χ4v) is 4.08. The van der Waals surface area contributed by atoms with Crippen molar-refractivity contribution >= 4 is 17.5 Å². The summed E-state index contributed by atoms with van der Waals surface area (Å²) in [6.45, 7) is 4.32. The average molecular weight is 409 g/mol. The highest BCUT2D eigenvalue weighted by Crippen LogP contribution is 2.34. The predicted molar refractivity (Wildman–Crippen MR) is 114 cm³/mol. The van der Waals surface area contributed by atoms with Crippen LogP contribution in [0, 0.1) is 17.8 Å². The molecule has 0 aromatic rings. The van der Waals surface area contributed by atoms with E-state index in [1.807, 2.05) is 0 Å². The van der Waals surface area contributed by atoms with E-state index in [1.54, 1.807) is 6.92 Å². The molecule has 0 spiro atoms. The molecule has 0 saturated heterocycles. The Morgan fingerprint density at radius 1 is 1.17 bits per heavy atom. The molecule has 166 valence electrons. The molecule has 0 radical (unpaired) electrons. The predicted octanol–water partition coefficient (Wildman–Crippen LogP) is 4.80. The van der Waals surface area contributed by atoms with Crippen LogP contribution >= 0.6 is 0 Å². The van der Waals surface area contributed by atoms with Crippen LogP contribution in [0.2, 0.25) is 0 Å². The average Bonchev–Trinajstić information content (AvgIpc) is 3.06. The molecule has 1 fully saturated rings. The number of hydrogen-bond acceptors (Lipinski definition) is 5. The molecule has 0 bridgehead atoms. The van der Waals surface area contributed by atoms with Crippen LogP contribution in [-0.4, -0.2) is 35.9 Å². The number of Topliss-reactive ketones (excluding diaryl/α,β-unsaturated/α-hetero) is 2. The zero-order valence-electron chi connectivity index (χ0n) is 18.4. The smallest absolute Gasteiger partial charge is 0.374 e. The van der Waals surface area contributed by atoms with Gasteiger partial charge in [-0.1, -0.05) is 51.2 Å². The number of carbonyl (C=O) groups is 3. The summed E-state index contributed by atoms with van der Waals surface area (Å²) in [5.41, 5.74) is 0. The fourth-order valence-electron chi connectivity index (χ4n) is 4.08. The molecule has 0 aromatic carbocycles. The Morgan fingerprint density at radius 3 is 2.62 bits per heavy atom. The first kappa shape index (κ1) is 25.5. The number of esters is 1. The molecule has 1 aliphatic carbocycles. The maximum Gasteiger partial charge on any atom is 0.374 e. The van der Waals surface area contributed by atoms with Gasteiger partial charge in [-0.25, -0.2) is 4.79 Å². The largest absolute Gasteiger partial charge is 0.460 e. The van der Waals surface area contributed by atoms with Crippen molar-refractivity contribution in [3.05, 3.63) is 12.2 Å². The first-order valence-corrected chi connectivity index (χ1v) is 11.5. The quantitative estimate of drug-likeness (QED) is 0.172. The van der Waals surface area contributed by atoms with Gasteiger partial charge in [-0.05, 0) is 50.9 Å².